The molecule has 1 aromatic heterocycles. The van der Waals surface area contributed by atoms with Gasteiger partial charge in [-0.2, -0.15) is 0 Å². The van der Waals surface area contributed by atoms with E-state index >= 15 is 0 Å². The van der Waals surface area contributed by atoms with Crippen LogP contribution < -0.4 is 10.5 Å². The number of rotatable bonds is 5. The number of nitrogens with zero attached hydrogens (tertiary/aromatic N) is 1. The van der Waals surface area contributed by atoms with Crippen LogP contribution in [0.3, 0.4) is 0 Å². The van der Waals surface area contributed by atoms with E-state index in [4.69, 9.17) is 27.6 Å². The van der Waals surface area contributed by atoms with Gasteiger partial charge in [-0.05, 0) is 36.8 Å². The van der Waals surface area contributed by atoms with Crippen LogP contribution in [0.15, 0.2) is 50.5 Å². The van der Waals surface area contributed by atoms with Gasteiger partial charge in [0.1, 0.15) is 0 Å². The Morgan fingerprint density at radius 3 is 2.60 bits per heavy atom. The molecule has 0 unspecified atom stereocenters. The van der Waals surface area contributed by atoms with Crippen LogP contribution in [0.25, 0.3) is 11.1 Å². The van der Waals surface area contributed by atoms with E-state index in [1.165, 1.54) is 16.7 Å². The first-order valence-electron chi connectivity index (χ1n) is 7.39. The van der Waals surface area contributed by atoms with Crippen LogP contribution in [0.1, 0.15) is 12.5 Å². The predicted octanol–water partition coefficient (Wildman–Crippen LogP) is 3.40. The third kappa shape index (κ3) is 3.59. The Balaban J connectivity index is 1.89. The molecule has 3 rings (SSSR count). The van der Waals surface area contributed by atoms with Crippen molar-refractivity contribution in [3.8, 4) is 0 Å². The van der Waals surface area contributed by atoms with Gasteiger partial charge in [0, 0.05) is 29.2 Å². The average Bonchev–Trinajstić information content (AvgIpc) is 2.88. The fraction of sp³-hybridized carbons (Fsp3) is 0.188. The van der Waals surface area contributed by atoms with Crippen molar-refractivity contribution in [1.82, 2.24) is 9.29 Å². The summed E-state index contributed by atoms with van der Waals surface area (Å²) >= 11 is 11.9. The molecule has 2 aromatic carbocycles. The second-order valence-corrected chi connectivity index (χ2v) is 7.91. The van der Waals surface area contributed by atoms with Gasteiger partial charge in [0.15, 0.2) is 5.58 Å². The summed E-state index contributed by atoms with van der Waals surface area (Å²) in [6.45, 7) is 2.25. The Labute approximate surface area is 154 Å². The van der Waals surface area contributed by atoms with Gasteiger partial charge in [-0.3, -0.25) is 4.57 Å². The van der Waals surface area contributed by atoms with Gasteiger partial charge < -0.3 is 4.42 Å². The van der Waals surface area contributed by atoms with E-state index in [9.17, 15) is 13.2 Å². The SMILES string of the molecule is CCn1c(=O)oc2cc(S(=O)(=O)NCc3ccc(Cl)cc3Cl)ccc21. The molecule has 1 N–H and O–H groups in total. The van der Waals surface area contributed by atoms with Crippen LogP contribution in [0.5, 0.6) is 0 Å². The zero-order valence-electron chi connectivity index (χ0n) is 13.1. The lowest BCUT2D eigenvalue weighted by atomic mass is 10.2. The highest BCUT2D eigenvalue weighted by Crippen LogP contribution is 2.22. The molecule has 3 aromatic rings. The molecule has 0 aliphatic carbocycles. The molecule has 132 valence electrons. The summed E-state index contributed by atoms with van der Waals surface area (Å²) in [5, 5.41) is 0.842. The van der Waals surface area contributed by atoms with Crippen LogP contribution in [0.2, 0.25) is 10.0 Å². The number of halogens is 2. The monoisotopic (exact) mass is 400 g/mol. The molecule has 6 nitrogen and oxygen atoms in total. The molecular weight excluding hydrogens is 387 g/mol. The summed E-state index contributed by atoms with van der Waals surface area (Å²) in [7, 11) is -3.80. The predicted molar refractivity (Wildman–Crippen MR) is 96.6 cm³/mol. The molecule has 9 heteroatoms. The van der Waals surface area contributed by atoms with Crippen LogP contribution in [-0.2, 0) is 23.1 Å². The highest BCUT2D eigenvalue weighted by atomic mass is 35.5. The third-order valence-electron chi connectivity index (χ3n) is 3.73. The molecule has 0 amide bonds. The zero-order valence-corrected chi connectivity index (χ0v) is 15.5. The zero-order chi connectivity index (χ0) is 18.2. The van der Waals surface area contributed by atoms with Crippen LogP contribution >= 0.6 is 23.2 Å². The van der Waals surface area contributed by atoms with Crippen LogP contribution in [0.4, 0.5) is 0 Å². The second kappa shape index (κ2) is 6.84. The van der Waals surface area contributed by atoms with Gasteiger partial charge >= 0.3 is 5.76 Å². The number of nitrogens with one attached hydrogen (secondary N) is 1. The minimum Gasteiger partial charge on any atom is -0.408 e. The largest absolute Gasteiger partial charge is 0.419 e. The lowest BCUT2D eigenvalue weighted by molar-refractivity contribution is 0.512. The van der Waals surface area contributed by atoms with E-state index in [1.807, 2.05) is 0 Å². The van der Waals surface area contributed by atoms with Crippen molar-refractivity contribution >= 4 is 44.3 Å². The number of fused-ring (bicyclic) bond motifs is 1. The number of aromatic nitrogens is 1. The number of sulfonamides is 1. The molecule has 1 heterocycles. The molecule has 0 bridgehead atoms. The summed E-state index contributed by atoms with van der Waals surface area (Å²) in [5.41, 5.74) is 1.37. The first-order chi connectivity index (χ1) is 11.8. The number of oxazole rings is 1. The molecule has 0 radical (unpaired) electrons. The van der Waals surface area contributed by atoms with Crippen molar-refractivity contribution in [2.75, 3.05) is 0 Å². The average molecular weight is 401 g/mol. The highest BCUT2D eigenvalue weighted by molar-refractivity contribution is 7.89. The third-order valence-corrected chi connectivity index (χ3v) is 5.72. The van der Waals surface area contributed by atoms with Gasteiger partial charge in [-0.1, -0.05) is 29.3 Å². The second-order valence-electron chi connectivity index (χ2n) is 5.30. The van der Waals surface area contributed by atoms with Gasteiger partial charge in [-0.25, -0.2) is 17.9 Å². The number of hydrogen-bond donors (Lipinski definition) is 1. The summed E-state index contributed by atoms with van der Waals surface area (Å²) in [4.78, 5) is 11.7. The smallest absolute Gasteiger partial charge is 0.408 e. The van der Waals surface area contributed by atoms with E-state index < -0.39 is 15.8 Å². The molecule has 0 atom stereocenters. The van der Waals surface area contributed by atoms with Crippen LogP contribution in [-0.4, -0.2) is 13.0 Å². The van der Waals surface area contributed by atoms with Crippen molar-refractivity contribution in [1.29, 1.82) is 0 Å². The normalized spacial score (nSPS) is 12.0. The summed E-state index contributed by atoms with van der Waals surface area (Å²) in [6, 6.07) is 9.13. The Bertz CT molecular complexity index is 1100. The molecule has 0 saturated heterocycles. The first kappa shape index (κ1) is 18.0. The van der Waals surface area contributed by atoms with Crippen molar-refractivity contribution in [3.05, 3.63) is 62.6 Å². The van der Waals surface area contributed by atoms with Crippen molar-refractivity contribution in [2.45, 2.75) is 24.9 Å². The van der Waals surface area contributed by atoms with E-state index in [-0.39, 0.29) is 17.0 Å². The van der Waals surface area contributed by atoms with Gasteiger partial charge in [0.05, 0.1) is 10.4 Å². The maximum Gasteiger partial charge on any atom is 0.419 e. The quantitative estimate of drug-likeness (QED) is 0.711. The van der Waals surface area contributed by atoms with Crippen molar-refractivity contribution < 1.29 is 12.8 Å². The fourth-order valence-electron chi connectivity index (χ4n) is 2.43. The topological polar surface area (TPSA) is 81.3 Å². The number of benzene rings is 2. The highest BCUT2D eigenvalue weighted by Gasteiger charge is 2.17. The van der Waals surface area contributed by atoms with E-state index in [0.29, 0.717) is 27.7 Å². The molecule has 0 saturated carbocycles. The lowest BCUT2D eigenvalue weighted by Crippen LogP contribution is -2.23. The summed E-state index contributed by atoms with van der Waals surface area (Å²) in [5.74, 6) is -0.520. The number of hydrogen-bond acceptors (Lipinski definition) is 4. The molecular formula is C16H14Cl2N2O4S. The van der Waals surface area contributed by atoms with Gasteiger partial charge in [-0.15, -0.1) is 0 Å². The molecule has 25 heavy (non-hydrogen) atoms. The van der Waals surface area contributed by atoms with Crippen molar-refractivity contribution in [2.24, 2.45) is 0 Å². The van der Waals surface area contributed by atoms with E-state index in [2.05, 4.69) is 4.72 Å². The maximum absolute atomic E-state index is 12.5. The van der Waals surface area contributed by atoms with E-state index in [0.717, 1.165) is 0 Å². The molecule has 0 aliphatic rings. The Kier molecular flexibility index (Phi) is 4.92. The summed E-state index contributed by atoms with van der Waals surface area (Å²) in [6.07, 6.45) is 0. The minimum absolute atomic E-state index is 0.00193. The fourth-order valence-corrected chi connectivity index (χ4v) is 3.93. The van der Waals surface area contributed by atoms with Crippen molar-refractivity contribution in [3.63, 3.8) is 0 Å². The first-order valence-corrected chi connectivity index (χ1v) is 9.62. The minimum atomic E-state index is -3.80. The molecule has 0 spiro atoms. The summed E-state index contributed by atoms with van der Waals surface area (Å²) < 4.78 is 34.0. The molecule has 0 aliphatic heterocycles. The van der Waals surface area contributed by atoms with Gasteiger partial charge in [0.2, 0.25) is 10.0 Å². The van der Waals surface area contributed by atoms with Gasteiger partial charge in [0.25, 0.3) is 0 Å². The lowest BCUT2D eigenvalue weighted by Gasteiger charge is -2.08. The number of aryl methyl sites for hydroxylation is 1. The molecule has 0 fully saturated rings. The Morgan fingerprint density at radius 2 is 1.92 bits per heavy atom. The maximum atomic E-state index is 12.5. The van der Waals surface area contributed by atoms with E-state index in [1.54, 1.807) is 31.2 Å². The standard InChI is InChI=1S/C16H14Cl2N2O4S/c1-2-20-14-6-5-12(8-15(14)24-16(20)21)25(22,23)19-9-10-3-4-11(17)7-13(10)18/h3-8,19H,2,9H2,1H3. The van der Waals surface area contributed by atoms with Crippen LogP contribution in [0, 0.1) is 0 Å². The Morgan fingerprint density at radius 1 is 1.16 bits per heavy atom. The Hall–Kier alpha value is -1.80.